The van der Waals surface area contributed by atoms with Gasteiger partial charge >= 0.3 is 0 Å². The highest BCUT2D eigenvalue weighted by atomic mass is 32.1. The van der Waals surface area contributed by atoms with E-state index >= 15 is 0 Å². The molecule has 10 aromatic carbocycles. The van der Waals surface area contributed by atoms with Crippen molar-refractivity contribution in [1.82, 2.24) is 19.1 Å². The van der Waals surface area contributed by atoms with Crippen molar-refractivity contribution in [2.75, 3.05) is 0 Å². The van der Waals surface area contributed by atoms with Gasteiger partial charge in [-0.15, -0.1) is 11.3 Å². The van der Waals surface area contributed by atoms with Crippen LogP contribution in [0.25, 0.3) is 131 Å². The third-order valence-electron chi connectivity index (χ3n) is 13.5. The molecule has 0 saturated heterocycles. The topological polar surface area (TPSA) is 35.6 Å². The summed E-state index contributed by atoms with van der Waals surface area (Å²) in [6, 6.07) is 83.2. The second-order valence-corrected chi connectivity index (χ2v) is 18.3. The third kappa shape index (κ3) is 5.85. The Morgan fingerprint density at radius 3 is 1.42 bits per heavy atom. The average molecular weight is 871 g/mol. The Labute approximate surface area is 389 Å². The Kier molecular flexibility index (Phi) is 8.42. The zero-order valence-electron chi connectivity index (χ0n) is 36.1. The number of nitrogens with zero attached hydrogens (tertiary/aromatic N) is 4. The largest absolute Gasteiger partial charge is 0.309 e. The maximum Gasteiger partial charge on any atom is 0.235 e. The van der Waals surface area contributed by atoms with E-state index < -0.39 is 0 Å². The Morgan fingerprint density at radius 2 is 0.821 bits per heavy atom. The Hall–Kier alpha value is -8.64. The van der Waals surface area contributed by atoms with Crippen LogP contribution in [0.15, 0.2) is 231 Å². The minimum Gasteiger partial charge on any atom is -0.309 e. The van der Waals surface area contributed by atoms with Crippen LogP contribution >= 0.6 is 11.3 Å². The summed E-state index contributed by atoms with van der Waals surface area (Å²) in [6.45, 7) is 0. The molecule has 0 aliphatic carbocycles. The maximum atomic E-state index is 5.66. The summed E-state index contributed by atoms with van der Waals surface area (Å²) < 4.78 is 5.77. The molecule has 0 bridgehead atoms. The monoisotopic (exact) mass is 870 g/mol. The molecule has 4 heterocycles. The van der Waals surface area contributed by atoms with Gasteiger partial charge in [-0.2, -0.15) is 0 Å². The van der Waals surface area contributed by atoms with Crippen LogP contribution in [-0.2, 0) is 0 Å². The molecule has 0 fully saturated rings. The molecular formula is C62H38N4S. The number of hydrogen-bond donors (Lipinski definition) is 0. The molecule has 0 unspecified atom stereocenters. The van der Waals surface area contributed by atoms with Crippen LogP contribution in [0.1, 0.15) is 0 Å². The fourth-order valence-electron chi connectivity index (χ4n) is 10.5. The van der Waals surface area contributed by atoms with Gasteiger partial charge in [0, 0.05) is 43.2 Å². The van der Waals surface area contributed by atoms with Gasteiger partial charge in [0.25, 0.3) is 0 Å². The zero-order valence-corrected chi connectivity index (χ0v) is 37.0. The first-order valence-electron chi connectivity index (χ1n) is 22.7. The molecule has 312 valence electrons. The first-order chi connectivity index (χ1) is 33.2. The Bertz CT molecular complexity index is 4240. The Morgan fingerprint density at radius 1 is 0.343 bits per heavy atom. The van der Waals surface area contributed by atoms with Gasteiger partial charge in [0.1, 0.15) is 0 Å². The lowest BCUT2D eigenvalue weighted by molar-refractivity contribution is 1.02. The summed E-state index contributed by atoms with van der Waals surface area (Å²) in [5.74, 6) is 0.644. The van der Waals surface area contributed by atoms with E-state index in [0.717, 1.165) is 65.8 Å². The molecule has 14 rings (SSSR count). The lowest BCUT2D eigenvalue weighted by Crippen LogP contribution is -2.03. The second kappa shape index (κ2) is 15.0. The fourth-order valence-corrected chi connectivity index (χ4v) is 11.8. The highest BCUT2D eigenvalue weighted by Crippen LogP contribution is 2.48. The third-order valence-corrected chi connectivity index (χ3v) is 14.8. The molecule has 0 radical (unpaired) electrons. The van der Waals surface area contributed by atoms with Crippen molar-refractivity contribution in [3.63, 3.8) is 0 Å². The molecule has 0 amide bonds. The van der Waals surface area contributed by atoms with Crippen molar-refractivity contribution >= 4 is 86.7 Å². The van der Waals surface area contributed by atoms with Crippen molar-refractivity contribution in [2.24, 2.45) is 0 Å². The minimum atomic E-state index is 0.644. The summed E-state index contributed by atoms with van der Waals surface area (Å²) in [6.07, 6.45) is 0. The summed E-state index contributed by atoms with van der Waals surface area (Å²) >= 11 is 1.77. The van der Waals surface area contributed by atoms with E-state index in [0.29, 0.717) is 5.95 Å². The van der Waals surface area contributed by atoms with Gasteiger partial charge in [0.05, 0.1) is 38.0 Å². The van der Waals surface area contributed by atoms with Gasteiger partial charge in [0.2, 0.25) is 5.95 Å². The highest BCUT2D eigenvalue weighted by molar-refractivity contribution is 7.23. The molecule has 5 heteroatoms. The molecule has 0 aliphatic rings. The molecule has 0 spiro atoms. The number of hydrogen-bond acceptors (Lipinski definition) is 3. The molecule has 67 heavy (non-hydrogen) atoms. The van der Waals surface area contributed by atoms with Crippen molar-refractivity contribution in [1.29, 1.82) is 0 Å². The van der Waals surface area contributed by atoms with Crippen molar-refractivity contribution in [3.05, 3.63) is 231 Å². The number of benzene rings is 10. The standard InChI is InChI=1S/C62H38N4S/c1-5-19-41(20-6-1)55-59-61(67-60(55)43-23-9-3-10-24-43)58(42-21-7-2-8-22-42)63-62(64-59)66-52-34-32-45(38-50(52)57-48-28-16-14-18-40(48)30-36-54(57)66)44-31-33-51-49(37-44)56-47-27-15-13-17-39(47)29-35-53(56)65(51)46-25-11-4-12-26-46/h1-38H. The van der Waals surface area contributed by atoms with E-state index in [2.05, 4.69) is 240 Å². The smallest absolute Gasteiger partial charge is 0.235 e. The second-order valence-electron chi connectivity index (χ2n) is 17.3. The average Bonchev–Trinajstić information content (AvgIpc) is 4.07. The summed E-state index contributed by atoms with van der Waals surface area (Å²) in [7, 11) is 0. The molecule has 14 aromatic rings. The van der Waals surface area contributed by atoms with Crippen molar-refractivity contribution in [2.45, 2.75) is 0 Å². The van der Waals surface area contributed by atoms with Crippen LogP contribution in [0.3, 0.4) is 0 Å². The number of thiophene rings is 1. The Balaban J connectivity index is 1.05. The molecular weight excluding hydrogens is 833 g/mol. The predicted octanol–water partition coefficient (Wildman–Crippen LogP) is 16.9. The lowest BCUT2D eigenvalue weighted by Gasteiger charge is -2.11. The molecule has 4 nitrogen and oxygen atoms in total. The van der Waals surface area contributed by atoms with Crippen LogP contribution < -0.4 is 0 Å². The lowest BCUT2D eigenvalue weighted by atomic mass is 9.98. The summed E-state index contributed by atoms with van der Waals surface area (Å²) in [5.41, 5.74) is 14.3. The van der Waals surface area contributed by atoms with Gasteiger partial charge < -0.3 is 4.57 Å². The zero-order chi connectivity index (χ0) is 44.0. The van der Waals surface area contributed by atoms with Crippen LogP contribution in [0, 0.1) is 0 Å². The maximum absolute atomic E-state index is 5.66. The van der Waals surface area contributed by atoms with E-state index in [1.54, 1.807) is 11.3 Å². The van der Waals surface area contributed by atoms with Crippen LogP contribution in [0.2, 0.25) is 0 Å². The fraction of sp³-hybridized carbons (Fsp3) is 0. The van der Waals surface area contributed by atoms with Gasteiger partial charge in [-0.05, 0) is 92.3 Å². The van der Waals surface area contributed by atoms with Gasteiger partial charge in [-0.25, -0.2) is 9.97 Å². The van der Waals surface area contributed by atoms with E-state index in [9.17, 15) is 0 Å². The number of aromatic nitrogens is 4. The van der Waals surface area contributed by atoms with E-state index in [1.807, 2.05) is 0 Å². The van der Waals surface area contributed by atoms with E-state index in [-0.39, 0.29) is 0 Å². The predicted molar refractivity (Wildman–Crippen MR) is 283 cm³/mol. The summed E-state index contributed by atoms with van der Waals surface area (Å²) in [4.78, 5) is 12.4. The van der Waals surface area contributed by atoms with Crippen molar-refractivity contribution < 1.29 is 0 Å². The quantitative estimate of drug-likeness (QED) is 0.167. The van der Waals surface area contributed by atoms with Crippen LogP contribution in [0.4, 0.5) is 0 Å². The normalized spacial score (nSPS) is 11.9. The van der Waals surface area contributed by atoms with Crippen molar-refractivity contribution in [3.8, 4) is 55.6 Å². The molecule has 0 saturated carbocycles. The molecule has 0 aliphatic heterocycles. The molecule has 4 aromatic heterocycles. The van der Waals surface area contributed by atoms with Gasteiger partial charge in [-0.3, -0.25) is 4.57 Å². The first kappa shape index (κ1) is 37.7. The van der Waals surface area contributed by atoms with E-state index in [4.69, 9.17) is 9.97 Å². The van der Waals surface area contributed by atoms with Crippen LogP contribution in [0.5, 0.6) is 0 Å². The molecule has 0 N–H and O–H groups in total. The van der Waals surface area contributed by atoms with E-state index in [1.165, 1.54) is 59.2 Å². The summed E-state index contributed by atoms with van der Waals surface area (Å²) in [5, 5.41) is 9.73. The first-order valence-corrected chi connectivity index (χ1v) is 23.6. The number of rotatable bonds is 6. The van der Waals surface area contributed by atoms with Gasteiger partial charge in [-0.1, -0.05) is 182 Å². The highest BCUT2D eigenvalue weighted by Gasteiger charge is 2.25. The number of para-hydroxylation sites is 1. The van der Waals surface area contributed by atoms with Crippen LogP contribution in [-0.4, -0.2) is 19.1 Å². The SMILES string of the molecule is c1ccc(-c2sc3c(-c4ccccc4)nc(-n4c5ccc(-c6ccc7c(c6)c6c8ccccc8ccc6n7-c6ccccc6)cc5c5c6ccccc6ccc54)nc3c2-c2ccccc2)cc1. The number of fused-ring (bicyclic) bond motifs is 11. The minimum absolute atomic E-state index is 0.644. The van der Waals surface area contributed by atoms with Gasteiger partial charge in [0.15, 0.2) is 0 Å². The molecule has 0 atom stereocenters.